The van der Waals surface area contributed by atoms with Crippen molar-refractivity contribution in [2.24, 2.45) is 11.7 Å². The minimum atomic E-state index is 0.359. The number of fused-ring (bicyclic) bond motifs is 2. The third-order valence-electron chi connectivity index (χ3n) is 7.46. The van der Waals surface area contributed by atoms with E-state index >= 15 is 0 Å². The lowest BCUT2D eigenvalue weighted by atomic mass is 9.87. The monoisotopic (exact) mass is 463 g/mol. The van der Waals surface area contributed by atoms with Crippen LogP contribution in [0.5, 0.6) is 11.5 Å². The number of aromatic nitrogens is 1. The number of aromatic amines is 1. The summed E-state index contributed by atoms with van der Waals surface area (Å²) in [7, 11) is 1.72. The molecule has 0 amide bonds. The molecule has 2 aromatic carbocycles. The molecule has 182 valence electrons. The molecule has 2 aliphatic heterocycles. The number of ether oxygens (including phenoxy) is 3. The van der Waals surface area contributed by atoms with Gasteiger partial charge in [-0.2, -0.15) is 0 Å². The highest BCUT2D eigenvalue weighted by Crippen LogP contribution is 2.41. The van der Waals surface area contributed by atoms with Crippen LogP contribution in [0.3, 0.4) is 0 Å². The fourth-order valence-corrected chi connectivity index (χ4v) is 5.65. The van der Waals surface area contributed by atoms with Crippen LogP contribution in [-0.4, -0.2) is 56.4 Å². The molecule has 6 heteroatoms. The highest BCUT2D eigenvalue weighted by atomic mass is 16.5. The topological polar surface area (TPSA) is 72.7 Å². The van der Waals surface area contributed by atoms with Gasteiger partial charge in [0, 0.05) is 56.0 Å². The Morgan fingerprint density at radius 1 is 1.15 bits per heavy atom. The molecule has 1 fully saturated rings. The van der Waals surface area contributed by atoms with E-state index in [1.807, 2.05) is 0 Å². The van der Waals surface area contributed by atoms with Gasteiger partial charge in [0.1, 0.15) is 6.61 Å². The number of nitrogens with two attached hydrogens (primary N) is 1. The molecule has 1 atom stereocenters. The number of benzene rings is 2. The summed E-state index contributed by atoms with van der Waals surface area (Å²) < 4.78 is 17.3. The lowest BCUT2D eigenvalue weighted by Crippen LogP contribution is -2.40. The summed E-state index contributed by atoms with van der Waals surface area (Å²) in [5, 5.41) is 1.33. The summed E-state index contributed by atoms with van der Waals surface area (Å²) in [4.78, 5) is 6.16. The molecule has 0 spiro atoms. The minimum Gasteiger partial charge on any atom is -0.493 e. The van der Waals surface area contributed by atoms with Crippen molar-refractivity contribution in [1.29, 1.82) is 0 Å². The second kappa shape index (κ2) is 10.8. The zero-order chi connectivity index (χ0) is 23.3. The molecule has 3 heterocycles. The number of rotatable bonds is 9. The SMILES string of the molecule is COc1cc2c(cc1OCCN)CCN(CC1CCOCC1)C2CCc1c[nH]c2ccccc12. The molecule has 2 aliphatic rings. The normalized spacial score (nSPS) is 19.3. The molecular formula is C28H37N3O3. The molecule has 6 nitrogen and oxygen atoms in total. The number of hydrogen-bond donors (Lipinski definition) is 2. The van der Waals surface area contributed by atoms with E-state index in [1.165, 1.54) is 27.6 Å². The molecule has 5 rings (SSSR count). The standard InChI is InChI=1S/C28H37N3O3/c1-32-27-17-24-21(16-28(27)34-15-11-29)8-12-31(19-20-9-13-33-14-10-20)26(24)7-6-22-18-30-25-5-3-2-4-23(22)25/h2-5,16-18,20,26,30H,6-15,19,29H2,1H3. The Balaban J connectivity index is 1.43. The van der Waals surface area contributed by atoms with Gasteiger partial charge in [-0.25, -0.2) is 0 Å². The highest BCUT2D eigenvalue weighted by Gasteiger charge is 2.31. The molecule has 0 saturated carbocycles. The number of H-pyrrole nitrogens is 1. The van der Waals surface area contributed by atoms with Gasteiger partial charge >= 0.3 is 0 Å². The molecular weight excluding hydrogens is 426 g/mol. The number of hydrogen-bond acceptors (Lipinski definition) is 5. The third kappa shape index (κ3) is 4.95. The van der Waals surface area contributed by atoms with Crippen LogP contribution in [0.4, 0.5) is 0 Å². The molecule has 1 saturated heterocycles. The number of methoxy groups -OCH3 is 1. The van der Waals surface area contributed by atoms with Crippen molar-refractivity contribution in [3.8, 4) is 11.5 Å². The van der Waals surface area contributed by atoms with Crippen molar-refractivity contribution < 1.29 is 14.2 Å². The predicted octanol–water partition coefficient (Wildman–Crippen LogP) is 4.47. The van der Waals surface area contributed by atoms with Crippen LogP contribution in [0.1, 0.15) is 42.0 Å². The fourth-order valence-electron chi connectivity index (χ4n) is 5.65. The first kappa shape index (κ1) is 23.2. The van der Waals surface area contributed by atoms with E-state index in [-0.39, 0.29) is 0 Å². The summed E-state index contributed by atoms with van der Waals surface area (Å²) >= 11 is 0. The van der Waals surface area contributed by atoms with Crippen molar-refractivity contribution in [2.45, 2.75) is 38.1 Å². The summed E-state index contributed by atoms with van der Waals surface area (Å²) in [6.07, 6.45) is 7.64. The van der Waals surface area contributed by atoms with Gasteiger partial charge in [-0.1, -0.05) is 18.2 Å². The molecule has 1 unspecified atom stereocenters. The van der Waals surface area contributed by atoms with Crippen LogP contribution in [0, 0.1) is 5.92 Å². The molecule has 1 aromatic heterocycles. The molecule has 3 N–H and O–H groups in total. The van der Waals surface area contributed by atoms with Gasteiger partial charge in [0.2, 0.25) is 0 Å². The molecule has 34 heavy (non-hydrogen) atoms. The van der Waals surface area contributed by atoms with Gasteiger partial charge < -0.3 is 24.9 Å². The second-order valence-corrected chi connectivity index (χ2v) is 9.55. The van der Waals surface area contributed by atoms with Crippen LogP contribution in [0.25, 0.3) is 10.9 Å². The van der Waals surface area contributed by atoms with Crippen molar-refractivity contribution in [2.75, 3.05) is 46.6 Å². The van der Waals surface area contributed by atoms with E-state index in [4.69, 9.17) is 19.9 Å². The molecule has 3 aromatic rings. The Bertz CT molecular complexity index is 1090. The Morgan fingerprint density at radius 2 is 2.00 bits per heavy atom. The average molecular weight is 464 g/mol. The molecule has 0 bridgehead atoms. The van der Waals surface area contributed by atoms with Crippen molar-refractivity contribution in [3.05, 3.63) is 59.3 Å². The fraction of sp³-hybridized carbons (Fsp3) is 0.500. The smallest absolute Gasteiger partial charge is 0.161 e. The first-order valence-corrected chi connectivity index (χ1v) is 12.7. The van der Waals surface area contributed by atoms with Gasteiger partial charge in [0.05, 0.1) is 7.11 Å². The maximum atomic E-state index is 5.91. The van der Waals surface area contributed by atoms with E-state index in [0.717, 1.165) is 69.9 Å². The lowest BCUT2D eigenvalue weighted by molar-refractivity contribution is 0.0423. The van der Waals surface area contributed by atoms with Crippen LogP contribution < -0.4 is 15.2 Å². The summed E-state index contributed by atoms with van der Waals surface area (Å²) in [6.45, 7) is 4.98. The number of nitrogens with zero attached hydrogens (tertiary/aromatic N) is 1. The Kier molecular flexibility index (Phi) is 7.38. The van der Waals surface area contributed by atoms with Gasteiger partial charge in [-0.05, 0) is 72.9 Å². The molecule has 0 radical (unpaired) electrons. The lowest BCUT2D eigenvalue weighted by Gasteiger charge is -2.40. The third-order valence-corrected chi connectivity index (χ3v) is 7.46. The van der Waals surface area contributed by atoms with E-state index in [1.54, 1.807) is 7.11 Å². The maximum absolute atomic E-state index is 5.91. The Morgan fingerprint density at radius 3 is 2.82 bits per heavy atom. The van der Waals surface area contributed by atoms with Crippen molar-refractivity contribution in [3.63, 3.8) is 0 Å². The number of nitrogens with one attached hydrogen (secondary N) is 1. The van der Waals surface area contributed by atoms with Gasteiger partial charge in [-0.15, -0.1) is 0 Å². The maximum Gasteiger partial charge on any atom is 0.161 e. The minimum absolute atomic E-state index is 0.359. The summed E-state index contributed by atoms with van der Waals surface area (Å²) in [6, 6.07) is 13.4. The summed E-state index contributed by atoms with van der Waals surface area (Å²) in [5.74, 6) is 2.32. The average Bonchev–Trinajstić information content (AvgIpc) is 3.30. The summed E-state index contributed by atoms with van der Waals surface area (Å²) in [5.41, 5.74) is 11.0. The van der Waals surface area contributed by atoms with Crippen LogP contribution in [0.2, 0.25) is 0 Å². The van der Waals surface area contributed by atoms with Crippen LogP contribution in [-0.2, 0) is 17.6 Å². The van der Waals surface area contributed by atoms with E-state index < -0.39 is 0 Å². The first-order valence-electron chi connectivity index (χ1n) is 12.7. The quantitative estimate of drug-likeness (QED) is 0.490. The largest absolute Gasteiger partial charge is 0.493 e. The second-order valence-electron chi connectivity index (χ2n) is 9.55. The van der Waals surface area contributed by atoms with Crippen LogP contribution in [0.15, 0.2) is 42.6 Å². The zero-order valence-corrected chi connectivity index (χ0v) is 20.2. The number of para-hydroxylation sites is 1. The first-order chi connectivity index (χ1) is 16.8. The van der Waals surface area contributed by atoms with E-state index in [2.05, 4.69) is 52.5 Å². The Hall–Kier alpha value is -2.54. The van der Waals surface area contributed by atoms with Crippen molar-refractivity contribution in [1.82, 2.24) is 9.88 Å². The Labute approximate surface area is 202 Å². The van der Waals surface area contributed by atoms with Gasteiger partial charge in [0.15, 0.2) is 11.5 Å². The van der Waals surface area contributed by atoms with Crippen molar-refractivity contribution >= 4 is 10.9 Å². The van der Waals surface area contributed by atoms with Crippen LogP contribution >= 0.6 is 0 Å². The zero-order valence-electron chi connectivity index (χ0n) is 20.2. The number of aryl methyl sites for hydroxylation is 1. The van der Waals surface area contributed by atoms with Gasteiger partial charge in [0.25, 0.3) is 0 Å². The van der Waals surface area contributed by atoms with Gasteiger partial charge in [-0.3, -0.25) is 4.90 Å². The highest BCUT2D eigenvalue weighted by molar-refractivity contribution is 5.83. The predicted molar refractivity (Wildman–Crippen MR) is 136 cm³/mol. The molecule has 0 aliphatic carbocycles. The van der Waals surface area contributed by atoms with E-state index in [0.29, 0.717) is 25.1 Å². The van der Waals surface area contributed by atoms with E-state index in [9.17, 15) is 0 Å².